The van der Waals surface area contributed by atoms with Crippen LogP contribution in [0.15, 0.2) is 72.9 Å². The molecule has 2 saturated heterocycles. The van der Waals surface area contributed by atoms with Gasteiger partial charge in [0, 0.05) is 6.42 Å². The highest BCUT2D eigenvalue weighted by Gasteiger charge is 2.51. The Morgan fingerprint density at radius 2 is 0.814 bits per heavy atom. The number of aliphatic hydroxyl groups excluding tert-OH is 8. The lowest BCUT2D eigenvalue weighted by molar-refractivity contribution is -0.359. The monoisotopic (exact) mass is 1220 g/mol. The summed E-state index contributed by atoms with van der Waals surface area (Å²) in [6.07, 6.45) is 59.6. The summed E-state index contributed by atoms with van der Waals surface area (Å²) in [5.41, 5.74) is 0. The van der Waals surface area contributed by atoms with Gasteiger partial charge in [-0.1, -0.05) is 279 Å². The van der Waals surface area contributed by atoms with Crippen molar-refractivity contribution in [3.8, 4) is 0 Å². The zero-order valence-corrected chi connectivity index (χ0v) is 54.3. The lowest BCUT2D eigenvalue weighted by Gasteiger charge is -2.46. The molecule has 2 heterocycles. The number of amides is 1. The van der Waals surface area contributed by atoms with E-state index in [2.05, 4.69) is 79.9 Å². The van der Waals surface area contributed by atoms with E-state index in [0.29, 0.717) is 12.8 Å². The molecule has 0 bridgehead atoms. The first-order chi connectivity index (χ1) is 42.1. The molecule has 14 nitrogen and oxygen atoms in total. The average molecular weight is 1220 g/mol. The number of rotatable bonds is 57. The molecule has 0 aliphatic carbocycles. The van der Waals surface area contributed by atoms with Gasteiger partial charge in [-0.2, -0.15) is 0 Å². The van der Waals surface area contributed by atoms with E-state index in [0.717, 1.165) is 64.2 Å². The summed E-state index contributed by atoms with van der Waals surface area (Å²) >= 11 is 0. The van der Waals surface area contributed by atoms with Crippen LogP contribution in [0.5, 0.6) is 0 Å². The van der Waals surface area contributed by atoms with Gasteiger partial charge in [0.15, 0.2) is 12.6 Å². The maximum absolute atomic E-state index is 13.3. The third-order valence-electron chi connectivity index (χ3n) is 16.9. The number of hydrogen-bond acceptors (Lipinski definition) is 13. The zero-order chi connectivity index (χ0) is 62.3. The summed E-state index contributed by atoms with van der Waals surface area (Å²) in [5.74, 6) is -0.251. The summed E-state index contributed by atoms with van der Waals surface area (Å²) in [4.78, 5) is 13.3. The van der Waals surface area contributed by atoms with Crippen molar-refractivity contribution in [1.82, 2.24) is 5.32 Å². The van der Waals surface area contributed by atoms with Crippen molar-refractivity contribution in [2.24, 2.45) is 0 Å². The van der Waals surface area contributed by atoms with Crippen molar-refractivity contribution in [3.05, 3.63) is 72.9 Å². The number of carbonyl (C=O) groups is 1. The maximum Gasteiger partial charge on any atom is 0.220 e. The molecule has 0 radical (unpaired) electrons. The van der Waals surface area contributed by atoms with E-state index >= 15 is 0 Å². The van der Waals surface area contributed by atoms with Crippen LogP contribution in [0.4, 0.5) is 0 Å². The number of unbranched alkanes of at least 4 members (excludes halogenated alkanes) is 34. The molecule has 14 heteroatoms. The predicted octanol–water partition coefficient (Wildman–Crippen LogP) is 14.2. The minimum atomic E-state index is -1.79. The molecule has 2 aliphatic heterocycles. The van der Waals surface area contributed by atoms with Gasteiger partial charge >= 0.3 is 0 Å². The van der Waals surface area contributed by atoms with Crippen LogP contribution in [0.3, 0.4) is 0 Å². The first kappa shape index (κ1) is 79.5. The van der Waals surface area contributed by atoms with Crippen molar-refractivity contribution in [3.63, 3.8) is 0 Å². The molecule has 86 heavy (non-hydrogen) atoms. The van der Waals surface area contributed by atoms with Crippen LogP contribution >= 0.6 is 0 Å². The summed E-state index contributed by atoms with van der Waals surface area (Å²) in [5, 5.41) is 87.4. The highest BCUT2D eigenvalue weighted by Crippen LogP contribution is 2.30. The molecule has 2 fully saturated rings. The van der Waals surface area contributed by atoms with Crippen LogP contribution in [0, 0.1) is 0 Å². The second-order valence-corrected chi connectivity index (χ2v) is 24.6. The molecule has 0 aromatic carbocycles. The maximum atomic E-state index is 13.3. The fourth-order valence-corrected chi connectivity index (χ4v) is 11.3. The molecule has 0 aromatic heterocycles. The van der Waals surface area contributed by atoms with Crippen LogP contribution < -0.4 is 5.32 Å². The van der Waals surface area contributed by atoms with Gasteiger partial charge in [0.05, 0.1) is 32.0 Å². The van der Waals surface area contributed by atoms with E-state index in [-0.39, 0.29) is 18.9 Å². The number of hydrogen-bond donors (Lipinski definition) is 9. The number of nitrogens with one attached hydrogen (secondary N) is 1. The second-order valence-electron chi connectivity index (χ2n) is 24.6. The van der Waals surface area contributed by atoms with E-state index in [9.17, 15) is 45.6 Å². The summed E-state index contributed by atoms with van der Waals surface area (Å²) in [7, 11) is 0. The van der Waals surface area contributed by atoms with Crippen LogP contribution in [0.1, 0.15) is 284 Å². The molecular weight excluding hydrogens is 1090 g/mol. The Labute approximate surface area is 523 Å². The first-order valence-corrected chi connectivity index (χ1v) is 35.2. The van der Waals surface area contributed by atoms with Gasteiger partial charge in [-0.3, -0.25) is 4.79 Å². The minimum Gasteiger partial charge on any atom is -0.394 e. The lowest BCUT2D eigenvalue weighted by Crippen LogP contribution is -2.65. The van der Waals surface area contributed by atoms with Gasteiger partial charge in [0.2, 0.25) is 5.91 Å². The second kappa shape index (κ2) is 56.4. The smallest absolute Gasteiger partial charge is 0.220 e. The topological polar surface area (TPSA) is 228 Å². The van der Waals surface area contributed by atoms with Gasteiger partial charge in [-0.05, 0) is 70.6 Å². The molecule has 12 unspecified atom stereocenters. The van der Waals surface area contributed by atoms with Crippen LogP contribution in [-0.4, -0.2) is 140 Å². The molecule has 2 rings (SSSR count). The van der Waals surface area contributed by atoms with Crippen LogP contribution in [0.2, 0.25) is 0 Å². The van der Waals surface area contributed by atoms with Crippen molar-refractivity contribution in [1.29, 1.82) is 0 Å². The number of carbonyl (C=O) groups excluding carboxylic acids is 1. The third kappa shape index (κ3) is 40.2. The third-order valence-corrected chi connectivity index (χ3v) is 16.9. The number of aliphatic hydroxyl groups is 8. The molecule has 12 atom stereocenters. The van der Waals surface area contributed by atoms with Gasteiger partial charge in [0.25, 0.3) is 0 Å². The molecule has 2 aliphatic rings. The average Bonchev–Trinajstić information content (AvgIpc) is 2.54. The summed E-state index contributed by atoms with van der Waals surface area (Å²) in [6, 6.07) is -0.938. The molecular formula is C72H129NO13. The zero-order valence-electron chi connectivity index (χ0n) is 54.3. The van der Waals surface area contributed by atoms with E-state index in [1.165, 1.54) is 186 Å². The SMILES string of the molecule is CC/C=C\C/C=C\C/C=C\C/C=C\CCCCCCCCCCCCCCC(=O)NC(COC1OC(CO)C(OC2OC(CO)C(O)C(O)C2O)C(O)C1O)C(O)/C=C/CC/C=C/CCCCCCCCCCCCCCCCCCCCCCC. The van der Waals surface area contributed by atoms with E-state index in [1.54, 1.807) is 6.08 Å². The predicted molar refractivity (Wildman–Crippen MR) is 350 cm³/mol. The Hall–Kier alpha value is -2.57. The van der Waals surface area contributed by atoms with Crippen molar-refractivity contribution in [2.45, 2.75) is 357 Å². The highest BCUT2D eigenvalue weighted by atomic mass is 16.7. The van der Waals surface area contributed by atoms with Crippen molar-refractivity contribution < 1.29 is 64.6 Å². The van der Waals surface area contributed by atoms with Crippen LogP contribution in [0.25, 0.3) is 0 Å². The number of ether oxygens (including phenoxy) is 4. The van der Waals surface area contributed by atoms with Crippen LogP contribution in [-0.2, 0) is 23.7 Å². The molecule has 9 N–H and O–H groups in total. The Balaban J connectivity index is 1.70. The molecule has 0 saturated carbocycles. The summed E-state index contributed by atoms with van der Waals surface area (Å²) < 4.78 is 22.8. The fraction of sp³-hybridized carbons (Fsp3) is 0.819. The van der Waals surface area contributed by atoms with E-state index < -0.39 is 86.8 Å². The number of allylic oxidation sites excluding steroid dienone is 11. The molecule has 500 valence electrons. The Morgan fingerprint density at radius 3 is 1.28 bits per heavy atom. The Bertz CT molecular complexity index is 1720. The van der Waals surface area contributed by atoms with Gasteiger partial charge in [-0.25, -0.2) is 0 Å². The fourth-order valence-electron chi connectivity index (χ4n) is 11.3. The standard InChI is InChI=1S/C72H129NO13/c1-3-5-7-9-11-13-15-17-19-21-23-25-27-29-30-32-33-35-37-39-41-43-45-47-49-51-53-55-61(76)60(59-83-71-69(82)67(80)70(63(58-75)85-71)86-72-68(81)66(79)65(78)62(57-74)84-72)73-64(77)56-54-52-50-48-46-44-42-40-38-36-34-31-28-26-24-22-20-18-16-14-12-10-8-6-4-2/h6,8,12,14,18,20,24,26,45,47,53,55,60-63,65-72,74-76,78-82H,3-5,7,9-11,13,15-17,19,21-23,25,27-44,46,48-52,54,56-59H2,1-2H3,(H,73,77)/b8-6-,14-12-,20-18-,26-24-,47-45+,55-53+. The molecule has 0 spiro atoms. The Kier molecular flexibility index (Phi) is 52.2. The quantitative estimate of drug-likeness (QED) is 0.0204. The Morgan fingerprint density at radius 1 is 0.430 bits per heavy atom. The minimum absolute atomic E-state index is 0.251. The van der Waals surface area contributed by atoms with Gasteiger partial charge in [0.1, 0.15) is 48.8 Å². The van der Waals surface area contributed by atoms with E-state index in [1.807, 2.05) is 6.08 Å². The molecule has 1 amide bonds. The largest absolute Gasteiger partial charge is 0.394 e. The highest BCUT2D eigenvalue weighted by molar-refractivity contribution is 5.76. The molecule has 0 aromatic rings. The summed E-state index contributed by atoms with van der Waals surface area (Å²) in [6.45, 7) is 2.70. The lowest BCUT2D eigenvalue weighted by atomic mass is 9.97. The van der Waals surface area contributed by atoms with Crippen molar-refractivity contribution in [2.75, 3.05) is 19.8 Å². The van der Waals surface area contributed by atoms with Gasteiger partial charge in [-0.15, -0.1) is 0 Å². The van der Waals surface area contributed by atoms with E-state index in [4.69, 9.17) is 18.9 Å². The first-order valence-electron chi connectivity index (χ1n) is 35.2. The van der Waals surface area contributed by atoms with Crippen molar-refractivity contribution >= 4 is 5.91 Å². The van der Waals surface area contributed by atoms with Gasteiger partial charge < -0.3 is 65.1 Å². The normalized spacial score (nSPS) is 23.8.